The first kappa shape index (κ1) is 25.7. The van der Waals surface area contributed by atoms with Gasteiger partial charge in [-0.05, 0) is 71.8 Å². The van der Waals surface area contributed by atoms with Crippen molar-refractivity contribution >= 4 is 21.8 Å². The summed E-state index contributed by atoms with van der Waals surface area (Å²) < 4.78 is 16.1. The number of rotatable bonds is 5. The van der Waals surface area contributed by atoms with E-state index in [-0.39, 0.29) is 5.82 Å². The molecule has 0 atom stereocenters. The largest absolute Gasteiger partial charge is 0.309 e. The first-order valence-electron chi connectivity index (χ1n) is 14.5. The summed E-state index contributed by atoms with van der Waals surface area (Å²) in [6, 6.07) is 46.0. The second-order valence-corrected chi connectivity index (χ2v) is 10.7. The Morgan fingerprint density at radius 3 is 1.61 bits per heavy atom. The van der Waals surface area contributed by atoms with Crippen LogP contribution in [0.5, 0.6) is 0 Å². The van der Waals surface area contributed by atoms with Crippen molar-refractivity contribution in [2.75, 3.05) is 0 Å². The number of pyridine rings is 1. The van der Waals surface area contributed by atoms with E-state index >= 15 is 0 Å². The summed E-state index contributed by atoms with van der Waals surface area (Å²) in [5.41, 5.74) is 9.80. The highest BCUT2D eigenvalue weighted by Gasteiger charge is 2.14. The van der Waals surface area contributed by atoms with E-state index in [1.165, 1.54) is 33.9 Å². The molecule has 0 unspecified atom stereocenters. The van der Waals surface area contributed by atoms with Crippen LogP contribution in [0.2, 0.25) is 0 Å². The minimum Gasteiger partial charge on any atom is -0.309 e. The molecule has 0 N–H and O–H groups in total. The Labute approximate surface area is 253 Å². The zero-order valence-corrected chi connectivity index (χ0v) is 23.6. The minimum atomic E-state index is -0.295. The molecule has 0 saturated carbocycles. The van der Waals surface area contributed by atoms with Crippen molar-refractivity contribution in [3.05, 3.63) is 158 Å². The highest BCUT2D eigenvalue weighted by Crippen LogP contribution is 2.33. The summed E-state index contributed by atoms with van der Waals surface area (Å²) in [5.74, 6) is 0.247. The van der Waals surface area contributed by atoms with Crippen LogP contribution in [-0.2, 0) is 0 Å². The Hall–Kier alpha value is -5.94. The lowest BCUT2D eigenvalue weighted by molar-refractivity contribution is 0.628. The van der Waals surface area contributed by atoms with Gasteiger partial charge in [-0.3, -0.25) is 4.98 Å². The van der Waals surface area contributed by atoms with Crippen molar-refractivity contribution in [2.45, 2.75) is 0 Å². The fraction of sp³-hybridized carbons (Fsp3) is 0. The zero-order valence-electron chi connectivity index (χ0n) is 23.6. The number of hydrogen-bond donors (Lipinski definition) is 0. The number of para-hydroxylation sites is 2. The summed E-state index contributed by atoms with van der Waals surface area (Å²) in [6.45, 7) is 0. The van der Waals surface area contributed by atoms with E-state index in [4.69, 9.17) is 9.97 Å². The van der Waals surface area contributed by atoms with Gasteiger partial charge in [0.2, 0.25) is 0 Å². The summed E-state index contributed by atoms with van der Waals surface area (Å²) in [4.78, 5) is 14.1. The third-order valence-electron chi connectivity index (χ3n) is 8.01. The molecule has 3 heterocycles. The predicted molar refractivity (Wildman–Crippen MR) is 176 cm³/mol. The van der Waals surface area contributed by atoms with Crippen molar-refractivity contribution in [1.82, 2.24) is 19.5 Å². The van der Waals surface area contributed by atoms with Crippen LogP contribution in [0.25, 0.3) is 72.5 Å². The molecule has 0 aliphatic carbocycles. The molecule has 0 amide bonds. The van der Waals surface area contributed by atoms with Crippen molar-refractivity contribution in [1.29, 1.82) is 0 Å². The van der Waals surface area contributed by atoms with E-state index in [0.29, 0.717) is 5.82 Å². The Morgan fingerprint density at radius 2 is 1.02 bits per heavy atom. The van der Waals surface area contributed by atoms with E-state index in [2.05, 4.69) is 107 Å². The van der Waals surface area contributed by atoms with Gasteiger partial charge in [-0.2, -0.15) is 0 Å². The van der Waals surface area contributed by atoms with E-state index in [9.17, 15) is 4.39 Å². The molecule has 0 spiro atoms. The zero-order chi connectivity index (χ0) is 29.5. The molecule has 5 heteroatoms. The third kappa shape index (κ3) is 4.61. The van der Waals surface area contributed by atoms with Crippen LogP contribution < -0.4 is 0 Å². The molecule has 4 nitrogen and oxygen atoms in total. The maximum absolute atomic E-state index is 13.8. The van der Waals surface area contributed by atoms with Gasteiger partial charge in [0.25, 0.3) is 0 Å². The number of hydrogen-bond acceptors (Lipinski definition) is 3. The maximum Gasteiger partial charge on any atom is 0.160 e. The van der Waals surface area contributed by atoms with Gasteiger partial charge in [0.1, 0.15) is 5.82 Å². The standard InChI is InChI=1S/C39H25FN4/c40-31-19-15-29(16-20-31)39-42-35(27-13-11-26(12-14-27)30-6-5-23-41-25-30)24-36(43-39)28-17-21-32(22-18-28)44-37-9-3-1-7-33(37)34-8-2-4-10-38(34)44/h1-25H. The molecule has 8 aromatic rings. The molecular formula is C39H25FN4. The van der Waals surface area contributed by atoms with E-state index < -0.39 is 0 Å². The van der Waals surface area contributed by atoms with Gasteiger partial charge in [-0.1, -0.05) is 78.9 Å². The third-order valence-corrected chi connectivity index (χ3v) is 8.01. The van der Waals surface area contributed by atoms with Crippen molar-refractivity contribution in [2.24, 2.45) is 0 Å². The summed E-state index contributed by atoms with van der Waals surface area (Å²) >= 11 is 0. The first-order chi connectivity index (χ1) is 21.7. The number of fused-ring (bicyclic) bond motifs is 3. The van der Waals surface area contributed by atoms with Crippen LogP contribution in [0.3, 0.4) is 0 Å². The van der Waals surface area contributed by atoms with Crippen molar-refractivity contribution in [3.8, 4) is 50.7 Å². The normalized spacial score (nSPS) is 11.3. The van der Waals surface area contributed by atoms with Crippen molar-refractivity contribution < 1.29 is 4.39 Å². The van der Waals surface area contributed by atoms with Gasteiger partial charge in [-0.25, -0.2) is 14.4 Å². The van der Waals surface area contributed by atoms with Crippen LogP contribution in [0.15, 0.2) is 152 Å². The second-order valence-electron chi connectivity index (χ2n) is 10.7. The van der Waals surface area contributed by atoms with Crippen LogP contribution in [0.4, 0.5) is 4.39 Å². The fourth-order valence-electron chi connectivity index (χ4n) is 5.82. The molecular weight excluding hydrogens is 543 g/mol. The Balaban J connectivity index is 1.22. The molecule has 5 aromatic carbocycles. The lowest BCUT2D eigenvalue weighted by atomic mass is 10.0. The highest BCUT2D eigenvalue weighted by atomic mass is 19.1. The Bertz CT molecular complexity index is 2200. The predicted octanol–water partition coefficient (Wildman–Crippen LogP) is 9.78. The van der Waals surface area contributed by atoms with Crippen LogP contribution in [0, 0.1) is 5.82 Å². The number of benzene rings is 5. The van der Waals surface area contributed by atoms with Gasteiger partial charge in [0.15, 0.2) is 5.82 Å². The minimum absolute atomic E-state index is 0.295. The average molecular weight is 569 g/mol. The molecule has 0 saturated heterocycles. The van der Waals surface area contributed by atoms with Crippen LogP contribution in [0.1, 0.15) is 0 Å². The summed E-state index contributed by atoms with van der Waals surface area (Å²) in [7, 11) is 0. The topological polar surface area (TPSA) is 43.6 Å². The lowest BCUT2D eigenvalue weighted by Crippen LogP contribution is -1.97. The maximum atomic E-state index is 13.8. The fourth-order valence-corrected chi connectivity index (χ4v) is 5.82. The molecule has 3 aromatic heterocycles. The quantitative estimate of drug-likeness (QED) is 0.208. The van der Waals surface area contributed by atoms with Gasteiger partial charge < -0.3 is 4.57 Å². The Morgan fingerprint density at radius 1 is 0.477 bits per heavy atom. The lowest BCUT2D eigenvalue weighted by Gasteiger charge is -2.12. The molecule has 0 bridgehead atoms. The molecule has 0 radical (unpaired) electrons. The monoisotopic (exact) mass is 568 g/mol. The molecule has 0 aliphatic heterocycles. The van der Waals surface area contributed by atoms with Crippen LogP contribution >= 0.6 is 0 Å². The summed E-state index contributed by atoms with van der Waals surface area (Å²) in [5, 5.41) is 2.46. The van der Waals surface area contributed by atoms with Gasteiger partial charge in [0.05, 0.1) is 22.4 Å². The van der Waals surface area contributed by atoms with Crippen LogP contribution in [-0.4, -0.2) is 19.5 Å². The summed E-state index contributed by atoms with van der Waals surface area (Å²) in [6.07, 6.45) is 3.63. The first-order valence-corrected chi connectivity index (χ1v) is 14.5. The van der Waals surface area contributed by atoms with E-state index in [1.54, 1.807) is 18.3 Å². The number of halogens is 1. The Kier molecular flexibility index (Phi) is 6.27. The van der Waals surface area contributed by atoms with E-state index in [0.717, 1.165) is 44.9 Å². The molecule has 208 valence electrons. The molecule has 0 fully saturated rings. The van der Waals surface area contributed by atoms with Gasteiger partial charge >= 0.3 is 0 Å². The van der Waals surface area contributed by atoms with Gasteiger partial charge in [-0.15, -0.1) is 0 Å². The highest BCUT2D eigenvalue weighted by molar-refractivity contribution is 6.09. The molecule has 8 rings (SSSR count). The van der Waals surface area contributed by atoms with Gasteiger partial charge in [0, 0.05) is 45.5 Å². The average Bonchev–Trinajstić information content (AvgIpc) is 3.43. The number of nitrogens with zero attached hydrogens (tertiary/aromatic N) is 4. The molecule has 0 aliphatic rings. The SMILES string of the molecule is Fc1ccc(-c2nc(-c3ccc(-c4cccnc4)cc3)cc(-c3ccc(-n4c5ccccc5c5ccccc54)cc3)n2)cc1. The second kappa shape index (κ2) is 10.7. The van der Waals surface area contributed by atoms with Crippen molar-refractivity contribution in [3.63, 3.8) is 0 Å². The van der Waals surface area contributed by atoms with E-state index in [1.807, 2.05) is 24.4 Å². The molecule has 44 heavy (non-hydrogen) atoms. The number of aromatic nitrogens is 4. The smallest absolute Gasteiger partial charge is 0.160 e.